The zero-order valence-corrected chi connectivity index (χ0v) is 14.0. The van der Waals surface area contributed by atoms with Crippen LogP contribution in [0.4, 0.5) is 0 Å². The number of benzene rings is 1. The summed E-state index contributed by atoms with van der Waals surface area (Å²) in [6, 6.07) is 8.60. The van der Waals surface area contributed by atoms with Crippen molar-refractivity contribution >= 4 is 5.91 Å². The van der Waals surface area contributed by atoms with Crippen LogP contribution in [0.1, 0.15) is 28.5 Å². The van der Waals surface area contributed by atoms with E-state index in [2.05, 4.69) is 44.8 Å². The Kier molecular flexibility index (Phi) is 5.22. The molecule has 0 aliphatic carbocycles. The van der Waals surface area contributed by atoms with Gasteiger partial charge in [-0.3, -0.25) is 14.4 Å². The highest BCUT2D eigenvalue weighted by Gasteiger charge is 2.19. The number of nitrogens with two attached hydrogens (primary N) is 1. The molecule has 0 bridgehead atoms. The summed E-state index contributed by atoms with van der Waals surface area (Å²) in [5.74, 6) is -0.191. The second-order valence-corrected chi connectivity index (χ2v) is 6.28. The van der Waals surface area contributed by atoms with Gasteiger partial charge in [-0.05, 0) is 24.5 Å². The third-order valence-electron chi connectivity index (χ3n) is 4.25. The van der Waals surface area contributed by atoms with Crippen LogP contribution in [0.15, 0.2) is 30.5 Å². The number of carbonyl (C=O) groups is 1. The zero-order chi connectivity index (χ0) is 16.9. The minimum Gasteiger partial charge on any atom is -0.347 e. The molecule has 2 heterocycles. The van der Waals surface area contributed by atoms with Gasteiger partial charge >= 0.3 is 0 Å². The van der Waals surface area contributed by atoms with Crippen LogP contribution in [0.5, 0.6) is 0 Å². The molecule has 1 aromatic carbocycles. The first-order valence-corrected chi connectivity index (χ1v) is 8.36. The number of amides is 1. The topological polar surface area (TPSA) is 89.1 Å². The molecular weight excluding hydrogens is 304 g/mol. The zero-order valence-electron chi connectivity index (χ0n) is 14.0. The number of hydrogen-bond donors (Lipinski definition) is 2. The molecule has 0 spiro atoms. The van der Waals surface area contributed by atoms with Gasteiger partial charge in [0.15, 0.2) is 5.69 Å². The average Bonchev–Trinajstić information content (AvgIpc) is 3.04. The van der Waals surface area contributed by atoms with E-state index in [4.69, 9.17) is 5.73 Å². The fourth-order valence-electron chi connectivity index (χ4n) is 3.08. The summed E-state index contributed by atoms with van der Waals surface area (Å²) in [5, 5.41) is 10.8. The molecule has 1 amide bonds. The fraction of sp³-hybridized carbons (Fsp3) is 0.471. The minimum atomic E-state index is -0.191. The summed E-state index contributed by atoms with van der Waals surface area (Å²) in [7, 11) is 0. The number of rotatable bonds is 6. The highest BCUT2D eigenvalue weighted by atomic mass is 16.2. The Morgan fingerprint density at radius 2 is 2.17 bits per heavy atom. The Hall–Kier alpha value is -2.25. The maximum atomic E-state index is 12.2. The predicted octanol–water partition coefficient (Wildman–Crippen LogP) is 0.413. The molecule has 3 rings (SSSR count). The summed E-state index contributed by atoms with van der Waals surface area (Å²) < 4.78 is 1.58. The highest BCUT2D eigenvalue weighted by Crippen LogP contribution is 2.18. The Labute approximate surface area is 141 Å². The summed E-state index contributed by atoms with van der Waals surface area (Å²) in [4.78, 5) is 14.6. The van der Waals surface area contributed by atoms with E-state index in [1.807, 2.05) is 6.92 Å². The molecule has 1 atom stereocenters. The van der Waals surface area contributed by atoms with Crippen molar-refractivity contribution in [3.8, 4) is 0 Å². The van der Waals surface area contributed by atoms with Crippen LogP contribution in [-0.2, 0) is 19.5 Å². The summed E-state index contributed by atoms with van der Waals surface area (Å²) in [6.07, 6.45) is 2.69. The number of nitrogens with one attached hydrogen (secondary N) is 1. The van der Waals surface area contributed by atoms with Crippen LogP contribution < -0.4 is 11.1 Å². The second kappa shape index (κ2) is 7.55. The lowest BCUT2D eigenvalue weighted by Crippen LogP contribution is -2.43. The van der Waals surface area contributed by atoms with E-state index in [-0.39, 0.29) is 11.9 Å². The minimum absolute atomic E-state index is 0.0439. The highest BCUT2D eigenvalue weighted by molar-refractivity contribution is 5.92. The van der Waals surface area contributed by atoms with Crippen LogP contribution in [0, 0.1) is 0 Å². The first-order chi connectivity index (χ1) is 11.7. The maximum Gasteiger partial charge on any atom is 0.273 e. The van der Waals surface area contributed by atoms with E-state index >= 15 is 0 Å². The van der Waals surface area contributed by atoms with E-state index in [9.17, 15) is 4.79 Å². The van der Waals surface area contributed by atoms with Gasteiger partial charge < -0.3 is 11.1 Å². The first kappa shape index (κ1) is 16.6. The SMILES string of the molecule is C[C@@H](CN1CCc2ccccc2C1)NC(=O)c1cn(CCN)nn1. The van der Waals surface area contributed by atoms with Crippen molar-refractivity contribution in [2.75, 3.05) is 19.6 Å². The average molecular weight is 328 g/mol. The lowest BCUT2D eigenvalue weighted by atomic mass is 10.00. The van der Waals surface area contributed by atoms with E-state index in [1.165, 1.54) is 11.1 Å². The van der Waals surface area contributed by atoms with Crippen LogP contribution in [0.3, 0.4) is 0 Å². The first-order valence-electron chi connectivity index (χ1n) is 8.36. The van der Waals surface area contributed by atoms with Gasteiger partial charge in [0.1, 0.15) is 0 Å². The van der Waals surface area contributed by atoms with Crippen LogP contribution >= 0.6 is 0 Å². The predicted molar refractivity (Wildman–Crippen MR) is 91.4 cm³/mol. The van der Waals surface area contributed by atoms with Gasteiger partial charge in [0.05, 0.1) is 12.7 Å². The van der Waals surface area contributed by atoms with Gasteiger partial charge in [-0.1, -0.05) is 29.5 Å². The molecule has 1 aromatic heterocycles. The number of fused-ring (bicyclic) bond motifs is 1. The Morgan fingerprint density at radius 1 is 1.38 bits per heavy atom. The molecule has 0 radical (unpaired) electrons. The molecule has 0 unspecified atom stereocenters. The molecule has 0 saturated heterocycles. The molecule has 128 valence electrons. The summed E-state index contributed by atoms with van der Waals surface area (Å²) >= 11 is 0. The van der Waals surface area contributed by atoms with Crippen molar-refractivity contribution in [3.63, 3.8) is 0 Å². The van der Waals surface area contributed by atoms with Crippen molar-refractivity contribution in [2.24, 2.45) is 5.73 Å². The van der Waals surface area contributed by atoms with Gasteiger partial charge in [-0.25, -0.2) is 0 Å². The van der Waals surface area contributed by atoms with E-state index in [0.29, 0.717) is 18.8 Å². The standard InChI is InChI=1S/C17H24N6O/c1-13(19-17(24)16-12-23(9-7-18)21-20-16)10-22-8-6-14-4-2-3-5-15(14)11-22/h2-5,12-13H,6-11,18H2,1H3,(H,19,24)/t13-/m0/s1. The third-order valence-corrected chi connectivity index (χ3v) is 4.25. The van der Waals surface area contributed by atoms with E-state index < -0.39 is 0 Å². The van der Waals surface area contributed by atoms with Gasteiger partial charge in [0.25, 0.3) is 5.91 Å². The third kappa shape index (κ3) is 3.98. The van der Waals surface area contributed by atoms with Crippen LogP contribution in [0.2, 0.25) is 0 Å². The van der Waals surface area contributed by atoms with Crippen molar-refractivity contribution in [1.82, 2.24) is 25.2 Å². The Bertz CT molecular complexity index is 698. The molecular formula is C17H24N6O. The summed E-state index contributed by atoms with van der Waals surface area (Å²) in [6.45, 7) is 5.81. The molecule has 7 heteroatoms. The quantitative estimate of drug-likeness (QED) is 0.802. The molecule has 1 aliphatic rings. The van der Waals surface area contributed by atoms with E-state index in [0.717, 1.165) is 26.1 Å². The Balaban J connectivity index is 1.52. The van der Waals surface area contributed by atoms with Crippen molar-refractivity contribution in [2.45, 2.75) is 32.5 Å². The lowest BCUT2D eigenvalue weighted by molar-refractivity contribution is 0.0922. The Morgan fingerprint density at radius 3 is 2.96 bits per heavy atom. The molecule has 24 heavy (non-hydrogen) atoms. The smallest absolute Gasteiger partial charge is 0.273 e. The van der Waals surface area contributed by atoms with Gasteiger partial charge in [-0.15, -0.1) is 5.10 Å². The molecule has 3 N–H and O–H groups in total. The molecule has 1 aliphatic heterocycles. The van der Waals surface area contributed by atoms with Gasteiger partial charge in [-0.2, -0.15) is 0 Å². The molecule has 7 nitrogen and oxygen atoms in total. The normalized spacial score (nSPS) is 15.8. The second-order valence-electron chi connectivity index (χ2n) is 6.28. The monoisotopic (exact) mass is 328 g/mol. The fourth-order valence-corrected chi connectivity index (χ4v) is 3.08. The molecule has 2 aromatic rings. The number of hydrogen-bond acceptors (Lipinski definition) is 5. The molecule has 0 saturated carbocycles. The van der Waals surface area contributed by atoms with E-state index in [1.54, 1.807) is 10.9 Å². The summed E-state index contributed by atoms with van der Waals surface area (Å²) in [5.41, 5.74) is 8.62. The lowest BCUT2D eigenvalue weighted by Gasteiger charge is -2.30. The molecule has 0 fully saturated rings. The van der Waals surface area contributed by atoms with Crippen molar-refractivity contribution in [3.05, 3.63) is 47.3 Å². The van der Waals surface area contributed by atoms with Gasteiger partial charge in [0, 0.05) is 32.2 Å². The number of carbonyl (C=O) groups excluding carboxylic acids is 1. The van der Waals surface area contributed by atoms with Crippen LogP contribution in [-0.4, -0.2) is 51.5 Å². The maximum absolute atomic E-state index is 12.2. The van der Waals surface area contributed by atoms with Crippen molar-refractivity contribution in [1.29, 1.82) is 0 Å². The van der Waals surface area contributed by atoms with Crippen molar-refractivity contribution < 1.29 is 4.79 Å². The number of nitrogens with zero attached hydrogens (tertiary/aromatic N) is 4. The van der Waals surface area contributed by atoms with Gasteiger partial charge in [0.2, 0.25) is 0 Å². The number of aromatic nitrogens is 3. The van der Waals surface area contributed by atoms with Crippen LogP contribution in [0.25, 0.3) is 0 Å². The largest absolute Gasteiger partial charge is 0.347 e.